The second-order valence-electron chi connectivity index (χ2n) is 8.20. The molecule has 2 fully saturated rings. The van der Waals surface area contributed by atoms with Gasteiger partial charge in [0.1, 0.15) is 15.9 Å². The molecule has 1 unspecified atom stereocenters. The number of methoxy groups -OCH3 is 1. The minimum atomic E-state index is -0.526. The topological polar surface area (TPSA) is 87.8 Å². The molecule has 2 atom stereocenters. The summed E-state index contributed by atoms with van der Waals surface area (Å²) in [4.78, 5) is 35.5. The Balaban J connectivity index is 1.80. The molecule has 0 radical (unpaired) electrons. The maximum atomic E-state index is 12.7. The van der Waals surface area contributed by atoms with Crippen LogP contribution in [-0.2, 0) is 9.47 Å². The number of piperazine rings is 1. The van der Waals surface area contributed by atoms with Gasteiger partial charge in [0.25, 0.3) is 0 Å². The quantitative estimate of drug-likeness (QED) is 0.609. The maximum absolute atomic E-state index is 12.7. The van der Waals surface area contributed by atoms with E-state index in [1.54, 1.807) is 0 Å². The van der Waals surface area contributed by atoms with Crippen LogP contribution in [0.1, 0.15) is 44.6 Å². The van der Waals surface area contributed by atoms with Crippen molar-refractivity contribution >= 4 is 30.1 Å². The summed E-state index contributed by atoms with van der Waals surface area (Å²) < 4.78 is 10.7. The van der Waals surface area contributed by atoms with Gasteiger partial charge in [0.15, 0.2) is 5.82 Å². The standard InChI is InChI=1S/C18H26N4O4S/c1-11-8-18(11)10-21(6-7-22(18)16(24)26-17(2,3)4)13-14(27)20-12(9-19-13)15(23)25-5/h9,11H,6-8,10H2,1-5H3,(H,20,27)/t11-,18?/m1/s1. The van der Waals surface area contributed by atoms with Gasteiger partial charge in [-0.1, -0.05) is 19.1 Å². The van der Waals surface area contributed by atoms with Crippen molar-refractivity contribution in [1.29, 1.82) is 0 Å². The van der Waals surface area contributed by atoms with Gasteiger partial charge in [-0.05, 0) is 33.1 Å². The van der Waals surface area contributed by atoms with E-state index in [2.05, 4.69) is 26.5 Å². The molecule has 1 amide bonds. The largest absolute Gasteiger partial charge is 0.464 e. The summed E-state index contributed by atoms with van der Waals surface area (Å²) >= 11 is 5.39. The fourth-order valence-corrected chi connectivity index (χ4v) is 3.90. The number of rotatable bonds is 2. The SMILES string of the molecule is COC(=O)c1cnc(N2CCN(C(=O)OC(C)(C)C)C3(C[C@H]3C)C2)c(=S)[nH]1. The lowest BCUT2D eigenvalue weighted by Crippen LogP contribution is -2.59. The first-order chi connectivity index (χ1) is 12.6. The van der Waals surface area contributed by atoms with Crippen molar-refractivity contribution in [1.82, 2.24) is 14.9 Å². The number of nitrogens with zero attached hydrogens (tertiary/aromatic N) is 3. The number of H-pyrrole nitrogens is 1. The summed E-state index contributed by atoms with van der Waals surface area (Å²) in [6.07, 6.45) is 2.07. The Labute approximate surface area is 163 Å². The molecule has 1 aliphatic carbocycles. The predicted octanol–water partition coefficient (Wildman–Crippen LogP) is 2.76. The normalized spacial score (nSPS) is 24.7. The first kappa shape index (κ1) is 19.6. The second kappa shape index (κ2) is 6.78. The van der Waals surface area contributed by atoms with Gasteiger partial charge in [-0.3, -0.25) is 4.90 Å². The van der Waals surface area contributed by atoms with Gasteiger partial charge in [0.05, 0.1) is 18.8 Å². The summed E-state index contributed by atoms with van der Waals surface area (Å²) in [7, 11) is 1.31. The Morgan fingerprint density at radius 3 is 2.56 bits per heavy atom. The van der Waals surface area contributed by atoms with E-state index in [1.807, 2.05) is 25.7 Å². The number of anilines is 1. The number of ether oxygens (including phenoxy) is 2. The Morgan fingerprint density at radius 2 is 2.04 bits per heavy atom. The molecule has 1 aromatic rings. The molecule has 1 saturated carbocycles. The highest BCUT2D eigenvalue weighted by Crippen LogP contribution is 2.51. The summed E-state index contributed by atoms with van der Waals surface area (Å²) in [5.41, 5.74) is -0.569. The molecule has 1 spiro atoms. The minimum absolute atomic E-state index is 0.216. The van der Waals surface area contributed by atoms with Crippen LogP contribution in [0.15, 0.2) is 6.20 Å². The molecule has 1 saturated heterocycles. The molecule has 148 valence electrons. The lowest BCUT2D eigenvalue weighted by Gasteiger charge is -2.43. The summed E-state index contributed by atoms with van der Waals surface area (Å²) in [5.74, 6) is 0.474. The fraction of sp³-hybridized carbons (Fsp3) is 0.667. The van der Waals surface area contributed by atoms with Crippen LogP contribution < -0.4 is 4.90 Å². The highest BCUT2D eigenvalue weighted by molar-refractivity contribution is 7.71. The number of carbonyl (C=O) groups is 2. The van der Waals surface area contributed by atoms with Gasteiger partial charge < -0.3 is 19.4 Å². The van der Waals surface area contributed by atoms with Gasteiger partial charge in [-0.15, -0.1) is 0 Å². The van der Waals surface area contributed by atoms with Gasteiger partial charge in [0.2, 0.25) is 0 Å². The summed E-state index contributed by atoms with van der Waals surface area (Å²) in [5, 5.41) is 0. The molecule has 0 bridgehead atoms. The van der Waals surface area contributed by atoms with Gasteiger partial charge in [0, 0.05) is 19.6 Å². The molecule has 2 heterocycles. The third-order valence-corrected chi connectivity index (χ3v) is 5.38. The van der Waals surface area contributed by atoms with Crippen LogP contribution in [0.3, 0.4) is 0 Å². The van der Waals surface area contributed by atoms with E-state index in [9.17, 15) is 9.59 Å². The molecular formula is C18H26N4O4S. The Hall–Kier alpha value is -2.16. The van der Waals surface area contributed by atoms with E-state index in [4.69, 9.17) is 17.0 Å². The van der Waals surface area contributed by atoms with Crippen molar-refractivity contribution in [2.75, 3.05) is 31.6 Å². The zero-order chi connectivity index (χ0) is 20.0. The van der Waals surface area contributed by atoms with E-state index in [0.29, 0.717) is 36.0 Å². The van der Waals surface area contributed by atoms with Crippen LogP contribution in [-0.4, -0.2) is 64.8 Å². The zero-order valence-electron chi connectivity index (χ0n) is 16.4. The van der Waals surface area contributed by atoms with E-state index >= 15 is 0 Å². The Bertz CT molecular complexity index is 818. The van der Waals surface area contributed by atoms with Crippen LogP contribution in [0.4, 0.5) is 10.6 Å². The van der Waals surface area contributed by atoms with Crippen LogP contribution in [0, 0.1) is 10.6 Å². The molecule has 0 aromatic carbocycles. The number of esters is 1. The second-order valence-corrected chi connectivity index (χ2v) is 8.61. The highest BCUT2D eigenvalue weighted by Gasteiger charge is 2.60. The number of amides is 1. The van der Waals surface area contributed by atoms with E-state index < -0.39 is 11.6 Å². The van der Waals surface area contributed by atoms with Crippen LogP contribution in [0.2, 0.25) is 0 Å². The number of aromatic amines is 1. The van der Waals surface area contributed by atoms with Crippen molar-refractivity contribution in [2.24, 2.45) is 5.92 Å². The maximum Gasteiger partial charge on any atom is 0.410 e. The minimum Gasteiger partial charge on any atom is -0.464 e. The number of hydrogen-bond acceptors (Lipinski definition) is 7. The van der Waals surface area contributed by atoms with Crippen LogP contribution >= 0.6 is 12.2 Å². The molecule has 2 aliphatic rings. The van der Waals surface area contributed by atoms with Crippen molar-refractivity contribution < 1.29 is 19.1 Å². The van der Waals surface area contributed by atoms with Crippen molar-refractivity contribution in [3.63, 3.8) is 0 Å². The molecular weight excluding hydrogens is 368 g/mol. The first-order valence-electron chi connectivity index (χ1n) is 9.00. The van der Waals surface area contributed by atoms with Crippen molar-refractivity contribution in [3.05, 3.63) is 16.5 Å². The van der Waals surface area contributed by atoms with E-state index in [0.717, 1.165) is 6.42 Å². The van der Waals surface area contributed by atoms with Gasteiger partial charge in [-0.25, -0.2) is 14.6 Å². The molecule has 8 nitrogen and oxygen atoms in total. The van der Waals surface area contributed by atoms with E-state index in [-0.39, 0.29) is 17.3 Å². The molecule has 3 rings (SSSR count). The monoisotopic (exact) mass is 394 g/mol. The van der Waals surface area contributed by atoms with Crippen molar-refractivity contribution in [2.45, 2.75) is 45.3 Å². The van der Waals surface area contributed by atoms with Crippen molar-refractivity contribution in [3.8, 4) is 0 Å². The van der Waals surface area contributed by atoms with Gasteiger partial charge in [-0.2, -0.15) is 0 Å². The zero-order valence-corrected chi connectivity index (χ0v) is 17.2. The predicted molar refractivity (Wildman–Crippen MR) is 102 cm³/mol. The Morgan fingerprint density at radius 1 is 1.37 bits per heavy atom. The third kappa shape index (κ3) is 3.78. The summed E-state index contributed by atoms with van der Waals surface area (Å²) in [6.45, 7) is 9.51. The highest BCUT2D eigenvalue weighted by atomic mass is 32.1. The first-order valence-corrected chi connectivity index (χ1v) is 9.41. The van der Waals surface area contributed by atoms with E-state index in [1.165, 1.54) is 13.3 Å². The average molecular weight is 394 g/mol. The molecule has 1 aromatic heterocycles. The fourth-order valence-electron chi connectivity index (χ4n) is 3.61. The summed E-state index contributed by atoms with van der Waals surface area (Å²) in [6, 6.07) is 0. The van der Waals surface area contributed by atoms with Gasteiger partial charge >= 0.3 is 12.1 Å². The molecule has 27 heavy (non-hydrogen) atoms. The Kier molecular flexibility index (Phi) is 4.92. The number of carbonyl (C=O) groups excluding carboxylic acids is 2. The van der Waals surface area contributed by atoms with Crippen LogP contribution in [0.25, 0.3) is 0 Å². The molecule has 1 aliphatic heterocycles. The molecule has 1 N–H and O–H groups in total. The van der Waals surface area contributed by atoms with Crippen LogP contribution in [0.5, 0.6) is 0 Å². The number of hydrogen-bond donors (Lipinski definition) is 1. The number of aromatic nitrogens is 2. The smallest absolute Gasteiger partial charge is 0.410 e. The lowest BCUT2D eigenvalue weighted by atomic mass is 10.1. The molecule has 9 heteroatoms. The number of nitrogens with one attached hydrogen (secondary N) is 1. The average Bonchev–Trinajstić information content (AvgIpc) is 3.20. The third-order valence-electron chi connectivity index (χ3n) is 5.10. The lowest BCUT2D eigenvalue weighted by molar-refractivity contribution is 0.00864.